The quantitative estimate of drug-likeness (QED) is 0.657. The first-order chi connectivity index (χ1) is 16.6. The predicted octanol–water partition coefficient (Wildman–Crippen LogP) is 4.01. The Hall–Kier alpha value is -2.19. The summed E-state index contributed by atoms with van der Waals surface area (Å²) in [4.78, 5) is 4.89. The van der Waals surface area contributed by atoms with Crippen molar-refractivity contribution in [3.05, 3.63) is 36.0 Å². The number of piperidine rings is 1. The lowest BCUT2D eigenvalue weighted by Gasteiger charge is -2.52. The van der Waals surface area contributed by atoms with Crippen LogP contribution in [0.25, 0.3) is 0 Å². The summed E-state index contributed by atoms with van der Waals surface area (Å²) in [5.74, 6) is 1.11. The summed E-state index contributed by atoms with van der Waals surface area (Å²) in [7, 11) is 0. The van der Waals surface area contributed by atoms with Crippen molar-refractivity contribution in [2.24, 2.45) is 10.8 Å². The Balaban J connectivity index is 0.950. The summed E-state index contributed by atoms with van der Waals surface area (Å²) >= 11 is 0. The van der Waals surface area contributed by atoms with Crippen molar-refractivity contribution in [3.8, 4) is 5.75 Å². The number of hydrogen-bond acceptors (Lipinski definition) is 7. The molecule has 1 atom stereocenters. The number of likely N-dealkylation sites (tertiary alicyclic amines) is 1. The van der Waals surface area contributed by atoms with E-state index in [9.17, 15) is 4.39 Å². The van der Waals surface area contributed by atoms with Crippen molar-refractivity contribution < 1.29 is 18.3 Å². The number of aromatic nitrogens is 2. The van der Waals surface area contributed by atoms with Gasteiger partial charge in [-0.1, -0.05) is 5.10 Å². The Morgan fingerprint density at radius 1 is 1.03 bits per heavy atom. The second-order valence-electron chi connectivity index (χ2n) is 11.6. The average molecular weight is 469 g/mol. The van der Waals surface area contributed by atoms with E-state index in [4.69, 9.17) is 13.9 Å². The first kappa shape index (κ1) is 21.1. The molecule has 1 aromatic heterocycles. The summed E-state index contributed by atoms with van der Waals surface area (Å²) in [6.07, 6.45) is 9.72. The van der Waals surface area contributed by atoms with Gasteiger partial charge in [-0.25, -0.2) is 4.39 Å². The molecule has 2 spiro atoms. The third-order valence-electron chi connectivity index (χ3n) is 9.24. The minimum Gasteiger partial charge on any atom is -0.490 e. The maximum atomic E-state index is 14.2. The van der Waals surface area contributed by atoms with Crippen LogP contribution in [0.3, 0.4) is 0 Å². The Morgan fingerprint density at radius 2 is 1.85 bits per heavy atom. The molecule has 34 heavy (non-hydrogen) atoms. The normalized spacial score (nSPS) is 28.6. The van der Waals surface area contributed by atoms with E-state index in [0.29, 0.717) is 28.8 Å². The molecule has 182 valence electrons. The Morgan fingerprint density at radius 3 is 2.56 bits per heavy atom. The van der Waals surface area contributed by atoms with Gasteiger partial charge in [-0.05, 0) is 82.2 Å². The lowest BCUT2D eigenvalue weighted by Crippen LogP contribution is -2.56. The van der Waals surface area contributed by atoms with Crippen molar-refractivity contribution in [1.29, 1.82) is 0 Å². The van der Waals surface area contributed by atoms with Gasteiger partial charge in [-0.3, -0.25) is 0 Å². The van der Waals surface area contributed by atoms with E-state index in [1.807, 2.05) is 6.07 Å². The van der Waals surface area contributed by atoms with Gasteiger partial charge >= 0.3 is 6.01 Å². The van der Waals surface area contributed by atoms with E-state index in [1.165, 1.54) is 25.7 Å². The number of nitrogens with zero attached hydrogens (tertiary/aromatic N) is 4. The zero-order chi connectivity index (χ0) is 22.8. The summed E-state index contributed by atoms with van der Waals surface area (Å²) in [5, 5.41) is 7.85. The van der Waals surface area contributed by atoms with Crippen LogP contribution in [-0.4, -0.2) is 66.6 Å². The predicted molar refractivity (Wildman–Crippen MR) is 123 cm³/mol. The van der Waals surface area contributed by atoms with E-state index >= 15 is 0 Å². The van der Waals surface area contributed by atoms with E-state index in [0.717, 1.165) is 76.4 Å². The van der Waals surface area contributed by atoms with Gasteiger partial charge in [0.05, 0.1) is 13.2 Å². The smallest absolute Gasteiger partial charge is 0.317 e. The Labute approximate surface area is 199 Å². The second kappa shape index (κ2) is 7.92. The van der Waals surface area contributed by atoms with Gasteiger partial charge in [0.2, 0.25) is 6.39 Å². The standard InChI is InChI=1S/C26H33FN4O3/c27-19-1-2-23(34-21-11-26(12-21)15-32-16-26)22(9-19)18-4-7-30(8-5-18)20-3-6-25(10-20)13-31(14-25)24-29-28-17-33-24/h1-2,9,17-18,20-21H,3-8,10-16H2. The number of ether oxygens (including phenoxy) is 2. The Kier molecular flexibility index (Phi) is 4.92. The number of anilines is 1. The molecule has 0 radical (unpaired) electrons. The molecule has 1 aromatic carbocycles. The molecule has 0 bridgehead atoms. The summed E-state index contributed by atoms with van der Waals surface area (Å²) in [6.45, 7) is 5.97. The van der Waals surface area contributed by atoms with Crippen molar-refractivity contribution in [3.63, 3.8) is 0 Å². The highest BCUT2D eigenvalue weighted by atomic mass is 19.1. The SMILES string of the molecule is Fc1ccc(OC2CC3(COC3)C2)c(C2CCN(C3CCC4(C3)CN(c3nnco3)C4)CC2)c1. The minimum atomic E-state index is -0.157. The molecule has 8 heteroatoms. The van der Waals surface area contributed by atoms with Crippen LogP contribution in [0, 0.1) is 16.6 Å². The van der Waals surface area contributed by atoms with Crippen LogP contribution in [0.4, 0.5) is 10.4 Å². The summed E-state index contributed by atoms with van der Waals surface area (Å²) in [5.41, 5.74) is 1.85. The van der Waals surface area contributed by atoms with E-state index in [2.05, 4.69) is 20.0 Å². The maximum Gasteiger partial charge on any atom is 0.317 e. The lowest BCUT2D eigenvalue weighted by molar-refractivity contribution is -0.191. The van der Waals surface area contributed by atoms with Gasteiger partial charge in [0.15, 0.2) is 0 Å². The Bertz CT molecular complexity index is 1020. The monoisotopic (exact) mass is 468 g/mol. The maximum absolute atomic E-state index is 14.2. The molecule has 2 aliphatic carbocycles. The molecule has 3 saturated heterocycles. The van der Waals surface area contributed by atoms with Crippen LogP contribution in [-0.2, 0) is 4.74 Å². The van der Waals surface area contributed by atoms with Gasteiger partial charge in [0, 0.05) is 35.5 Å². The molecular formula is C26H33FN4O3. The molecule has 5 fully saturated rings. The molecule has 2 aromatic rings. The van der Waals surface area contributed by atoms with E-state index < -0.39 is 0 Å². The van der Waals surface area contributed by atoms with Crippen LogP contribution < -0.4 is 9.64 Å². The largest absolute Gasteiger partial charge is 0.490 e. The first-order valence-corrected chi connectivity index (χ1v) is 12.9. The van der Waals surface area contributed by atoms with Crippen molar-refractivity contribution in [2.75, 3.05) is 44.3 Å². The van der Waals surface area contributed by atoms with Crippen LogP contribution in [0.1, 0.15) is 56.4 Å². The number of hydrogen-bond donors (Lipinski definition) is 0. The molecule has 2 saturated carbocycles. The fourth-order valence-electron chi connectivity index (χ4n) is 7.30. The van der Waals surface area contributed by atoms with Crippen LogP contribution >= 0.6 is 0 Å². The topological polar surface area (TPSA) is 63.9 Å². The van der Waals surface area contributed by atoms with E-state index in [-0.39, 0.29) is 11.9 Å². The van der Waals surface area contributed by atoms with Gasteiger partial charge in [0.1, 0.15) is 17.7 Å². The highest BCUT2D eigenvalue weighted by Gasteiger charge is 2.52. The first-order valence-electron chi connectivity index (χ1n) is 12.9. The van der Waals surface area contributed by atoms with E-state index in [1.54, 1.807) is 12.1 Å². The minimum absolute atomic E-state index is 0.157. The van der Waals surface area contributed by atoms with Gasteiger partial charge in [-0.2, -0.15) is 0 Å². The summed E-state index contributed by atoms with van der Waals surface area (Å²) in [6, 6.07) is 6.43. The molecule has 1 unspecified atom stereocenters. The van der Waals surface area contributed by atoms with Crippen LogP contribution in [0.5, 0.6) is 5.75 Å². The molecule has 7 nitrogen and oxygen atoms in total. The fraction of sp³-hybridized carbons (Fsp3) is 0.692. The molecular weight excluding hydrogens is 435 g/mol. The number of rotatable bonds is 5. The third-order valence-corrected chi connectivity index (χ3v) is 9.24. The highest BCUT2D eigenvalue weighted by molar-refractivity contribution is 5.38. The lowest BCUT2D eigenvalue weighted by atomic mass is 9.65. The van der Waals surface area contributed by atoms with Crippen LogP contribution in [0.15, 0.2) is 29.0 Å². The molecule has 0 N–H and O–H groups in total. The van der Waals surface area contributed by atoms with Crippen LogP contribution in [0.2, 0.25) is 0 Å². The second-order valence-corrected chi connectivity index (χ2v) is 11.6. The molecule has 5 aliphatic rings. The van der Waals surface area contributed by atoms with Gasteiger partial charge in [0.25, 0.3) is 0 Å². The molecule has 4 heterocycles. The summed E-state index contributed by atoms with van der Waals surface area (Å²) < 4.78 is 31.3. The molecule has 3 aliphatic heterocycles. The third kappa shape index (κ3) is 3.61. The van der Waals surface area contributed by atoms with Gasteiger partial charge < -0.3 is 23.7 Å². The fourth-order valence-corrected chi connectivity index (χ4v) is 7.30. The zero-order valence-electron chi connectivity index (χ0n) is 19.6. The average Bonchev–Trinajstić information content (AvgIpc) is 3.45. The number of benzene rings is 1. The molecule has 0 amide bonds. The highest BCUT2D eigenvalue weighted by Crippen LogP contribution is 2.50. The van der Waals surface area contributed by atoms with Crippen molar-refractivity contribution in [1.82, 2.24) is 15.1 Å². The van der Waals surface area contributed by atoms with Crippen molar-refractivity contribution in [2.45, 2.75) is 63.0 Å². The van der Waals surface area contributed by atoms with Gasteiger partial charge in [-0.15, -0.1) is 5.10 Å². The number of halogens is 1. The molecule has 7 rings (SSSR count). The zero-order valence-corrected chi connectivity index (χ0v) is 19.6. The van der Waals surface area contributed by atoms with Crippen molar-refractivity contribution >= 4 is 6.01 Å².